The topological polar surface area (TPSA) is 76.9 Å². The summed E-state index contributed by atoms with van der Waals surface area (Å²) in [5.41, 5.74) is 1.47. The minimum Gasteiger partial charge on any atom is -0.325 e. The van der Waals surface area contributed by atoms with Gasteiger partial charge in [0, 0.05) is 17.8 Å². The molecular formula is C22H23FN4O2S. The first kappa shape index (κ1) is 21.7. The van der Waals surface area contributed by atoms with E-state index in [1.54, 1.807) is 42.5 Å². The molecule has 156 valence electrons. The van der Waals surface area contributed by atoms with Gasteiger partial charge in [-0.1, -0.05) is 49.9 Å². The lowest BCUT2D eigenvalue weighted by atomic mass is 10.1. The molecule has 1 aromatic heterocycles. The summed E-state index contributed by atoms with van der Waals surface area (Å²) in [4.78, 5) is 23.9. The lowest BCUT2D eigenvalue weighted by Crippen LogP contribution is -2.15. The van der Waals surface area contributed by atoms with Crippen molar-refractivity contribution in [1.29, 1.82) is 0 Å². The van der Waals surface area contributed by atoms with Crippen LogP contribution in [0.4, 0.5) is 10.1 Å². The third kappa shape index (κ3) is 5.33. The molecular weight excluding hydrogens is 403 g/mol. The second kappa shape index (κ2) is 9.67. The van der Waals surface area contributed by atoms with Crippen LogP contribution in [0.25, 0.3) is 11.4 Å². The van der Waals surface area contributed by atoms with E-state index in [4.69, 9.17) is 0 Å². The highest BCUT2D eigenvalue weighted by atomic mass is 32.2. The van der Waals surface area contributed by atoms with Gasteiger partial charge in [0.25, 0.3) is 0 Å². The van der Waals surface area contributed by atoms with Crippen LogP contribution >= 0.6 is 11.8 Å². The molecule has 0 atom stereocenters. The molecule has 30 heavy (non-hydrogen) atoms. The molecule has 3 aromatic rings. The molecule has 0 bridgehead atoms. The van der Waals surface area contributed by atoms with Crippen molar-refractivity contribution in [3.8, 4) is 11.4 Å². The molecule has 1 amide bonds. The van der Waals surface area contributed by atoms with Crippen molar-refractivity contribution < 1.29 is 14.0 Å². The third-order valence-electron chi connectivity index (χ3n) is 4.26. The van der Waals surface area contributed by atoms with Crippen LogP contribution in [0, 0.1) is 11.7 Å². The van der Waals surface area contributed by atoms with Gasteiger partial charge < -0.3 is 9.88 Å². The summed E-state index contributed by atoms with van der Waals surface area (Å²) in [6.45, 7) is 6.18. The number of carbonyl (C=O) groups excluding carboxylic acids is 2. The molecule has 0 saturated heterocycles. The minimum atomic E-state index is -0.366. The number of carbonyl (C=O) groups is 2. The Morgan fingerprint density at radius 3 is 2.60 bits per heavy atom. The number of hydrogen-bond donors (Lipinski definition) is 1. The van der Waals surface area contributed by atoms with Crippen LogP contribution in [0.15, 0.2) is 53.7 Å². The lowest BCUT2D eigenvalue weighted by molar-refractivity contribution is -0.113. The molecule has 0 unspecified atom stereocenters. The average Bonchev–Trinajstić information content (AvgIpc) is 3.08. The molecule has 0 aliphatic carbocycles. The zero-order valence-electron chi connectivity index (χ0n) is 17.1. The third-order valence-corrected chi connectivity index (χ3v) is 5.23. The summed E-state index contributed by atoms with van der Waals surface area (Å²) in [5, 5.41) is 11.7. The van der Waals surface area contributed by atoms with Crippen molar-refractivity contribution in [2.45, 2.75) is 32.5 Å². The van der Waals surface area contributed by atoms with Crippen molar-refractivity contribution in [3.63, 3.8) is 0 Å². The van der Waals surface area contributed by atoms with E-state index in [1.165, 1.54) is 24.8 Å². The Labute approximate surface area is 178 Å². The van der Waals surface area contributed by atoms with E-state index in [-0.39, 0.29) is 29.2 Å². The summed E-state index contributed by atoms with van der Waals surface area (Å²) < 4.78 is 16.1. The molecule has 0 aliphatic heterocycles. The second-order valence-electron chi connectivity index (χ2n) is 7.26. The number of amides is 1. The number of halogens is 1. The Morgan fingerprint density at radius 1 is 1.13 bits per heavy atom. The van der Waals surface area contributed by atoms with Crippen LogP contribution in [0.1, 0.15) is 31.1 Å². The number of nitrogens with zero attached hydrogens (tertiary/aromatic N) is 3. The Kier molecular flexibility index (Phi) is 6.99. The van der Waals surface area contributed by atoms with E-state index >= 15 is 0 Å². The number of Topliss-reactive ketones (excluding diaryl/α,β-unsaturated/α-hetero) is 1. The minimum absolute atomic E-state index is 0.0667. The van der Waals surface area contributed by atoms with E-state index in [9.17, 15) is 14.0 Å². The summed E-state index contributed by atoms with van der Waals surface area (Å²) in [6.07, 6.45) is 0. The molecule has 3 rings (SSSR count). The molecule has 1 heterocycles. The Balaban J connectivity index is 1.75. The van der Waals surface area contributed by atoms with Crippen molar-refractivity contribution in [3.05, 3.63) is 59.9 Å². The summed E-state index contributed by atoms with van der Waals surface area (Å²) in [7, 11) is 0. The first-order chi connectivity index (χ1) is 14.3. The van der Waals surface area contributed by atoms with Crippen molar-refractivity contribution in [1.82, 2.24) is 14.8 Å². The summed E-state index contributed by atoms with van der Waals surface area (Å²) in [6, 6.07) is 13.2. The van der Waals surface area contributed by atoms with Gasteiger partial charge in [-0.2, -0.15) is 0 Å². The molecule has 0 saturated carbocycles. The van der Waals surface area contributed by atoms with Crippen LogP contribution in [-0.4, -0.2) is 32.2 Å². The number of nitrogens with one attached hydrogen (secondary N) is 1. The summed E-state index contributed by atoms with van der Waals surface area (Å²) in [5.74, 6) is 0.176. The predicted molar refractivity (Wildman–Crippen MR) is 116 cm³/mol. The maximum atomic E-state index is 14.3. The van der Waals surface area contributed by atoms with Crippen LogP contribution < -0.4 is 5.32 Å². The summed E-state index contributed by atoms with van der Waals surface area (Å²) >= 11 is 1.24. The Bertz CT molecular complexity index is 1060. The molecule has 0 fully saturated rings. The van der Waals surface area contributed by atoms with Crippen LogP contribution in [-0.2, 0) is 11.3 Å². The Hall–Kier alpha value is -3.00. The second-order valence-corrected chi connectivity index (χ2v) is 8.21. The van der Waals surface area contributed by atoms with Crippen molar-refractivity contribution >= 4 is 29.1 Å². The monoisotopic (exact) mass is 426 g/mol. The van der Waals surface area contributed by atoms with Crippen LogP contribution in [0.3, 0.4) is 0 Å². The van der Waals surface area contributed by atoms with Gasteiger partial charge in [0.2, 0.25) is 5.91 Å². The number of anilines is 1. The first-order valence-corrected chi connectivity index (χ1v) is 10.6. The first-order valence-electron chi connectivity index (χ1n) is 9.57. The number of thioether (sulfide) groups is 1. The molecule has 2 aromatic carbocycles. The normalized spacial score (nSPS) is 11.0. The molecule has 6 nitrogen and oxygen atoms in total. The molecule has 0 radical (unpaired) electrons. The van der Waals surface area contributed by atoms with Gasteiger partial charge in [-0.15, -0.1) is 10.2 Å². The quantitative estimate of drug-likeness (QED) is 0.418. The van der Waals surface area contributed by atoms with Gasteiger partial charge in [0.1, 0.15) is 5.82 Å². The predicted octanol–water partition coefficient (Wildman–Crippen LogP) is 4.67. The molecule has 0 aliphatic rings. The van der Waals surface area contributed by atoms with E-state index in [0.29, 0.717) is 34.3 Å². The highest BCUT2D eigenvalue weighted by Gasteiger charge is 2.19. The standard InChI is InChI=1S/C22H23FN4O2S/c1-14(2)12-27-21(18-9-4-5-10-19(18)23)25-26-22(27)30-13-20(29)24-17-8-6-7-16(11-17)15(3)28/h4-11,14H,12-13H2,1-3H3,(H,24,29). The number of benzene rings is 2. The number of ketones is 1. The van der Waals surface area contributed by atoms with E-state index in [1.807, 2.05) is 18.4 Å². The largest absolute Gasteiger partial charge is 0.325 e. The SMILES string of the molecule is CC(=O)c1cccc(NC(=O)CSc2nnc(-c3ccccc3F)n2CC(C)C)c1. The van der Waals surface area contributed by atoms with Crippen LogP contribution in [0.2, 0.25) is 0 Å². The molecule has 8 heteroatoms. The van der Waals surface area contributed by atoms with Gasteiger partial charge in [-0.25, -0.2) is 4.39 Å². The smallest absolute Gasteiger partial charge is 0.234 e. The lowest BCUT2D eigenvalue weighted by Gasteiger charge is -2.13. The fraction of sp³-hybridized carbons (Fsp3) is 0.273. The van der Waals surface area contributed by atoms with Gasteiger partial charge >= 0.3 is 0 Å². The number of aromatic nitrogens is 3. The zero-order chi connectivity index (χ0) is 21.7. The van der Waals surface area contributed by atoms with E-state index in [2.05, 4.69) is 15.5 Å². The zero-order valence-corrected chi connectivity index (χ0v) is 17.9. The highest BCUT2D eigenvalue weighted by Crippen LogP contribution is 2.27. The van der Waals surface area contributed by atoms with Gasteiger partial charge in [-0.3, -0.25) is 9.59 Å². The highest BCUT2D eigenvalue weighted by molar-refractivity contribution is 7.99. The van der Waals surface area contributed by atoms with E-state index < -0.39 is 0 Å². The van der Waals surface area contributed by atoms with Crippen LogP contribution in [0.5, 0.6) is 0 Å². The molecule has 1 N–H and O–H groups in total. The van der Waals surface area contributed by atoms with Crippen molar-refractivity contribution in [2.24, 2.45) is 5.92 Å². The van der Waals surface area contributed by atoms with Gasteiger partial charge in [0.15, 0.2) is 16.8 Å². The van der Waals surface area contributed by atoms with Crippen molar-refractivity contribution in [2.75, 3.05) is 11.1 Å². The van der Waals surface area contributed by atoms with Gasteiger partial charge in [-0.05, 0) is 37.1 Å². The Morgan fingerprint density at radius 2 is 1.90 bits per heavy atom. The number of rotatable bonds is 8. The van der Waals surface area contributed by atoms with E-state index in [0.717, 1.165) is 0 Å². The maximum Gasteiger partial charge on any atom is 0.234 e. The fourth-order valence-electron chi connectivity index (χ4n) is 2.91. The molecule has 0 spiro atoms. The van der Waals surface area contributed by atoms with Gasteiger partial charge in [0.05, 0.1) is 11.3 Å². The fourth-order valence-corrected chi connectivity index (χ4v) is 3.66. The maximum absolute atomic E-state index is 14.3. The average molecular weight is 427 g/mol. The number of hydrogen-bond acceptors (Lipinski definition) is 5.